The lowest BCUT2D eigenvalue weighted by molar-refractivity contribution is -0.137. The summed E-state index contributed by atoms with van der Waals surface area (Å²) in [6.45, 7) is 1.17. The lowest BCUT2D eigenvalue weighted by Crippen LogP contribution is -2.47. The highest BCUT2D eigenvalue weighted by molar-refractivity contribution is 6.30. The second kappa shape index (κ2) is 6.64. The molecule has 0 aromatic heterocycles. The van der Waals surface area contributed by atoms with Gasteiger partial charge in [0.2, 0.25) is 0 Å². The number of nitrogens with zero attached hydrogens (tertiary/aromatic N) is 1. The van der Waals surface area contributed by atoms with Crippen LogP contribution in [-0.2, 0) is 6.18 Å². The number of nitrogens with one attached hydrogen (secondary N) is 1. The van der Waals surface area contributed by atoms with Crippen LogP contribution >= 0.6 is 11.6 Å². The van der Waals surface area contributed by atoms with E-state index in [1.807, 2.05) is 0 Å². The lowest BCUT2D eigenvalue weighted by atomic mass is 10.0. The predicted octanol–water partition coefficient (Wildman–Crippen LogP) is 3.71. The standard InChI is InChI=1S/C13H13ClF6N2/c14-9-6-7(13(18,19)20)5-8(10(9)15)11(12(16)17)22-3-1-21-2-4-22/h5-6,11-12,21H,1-4H2/t11-/m1/s1. The monoisotopic (exact) mass is 346 g/mol. The van der Waals surface area contributed by atoms with Crippen molar-refractivity contribution in [2.45, 2.75) is 18.6 Å². The molecule has 22 heavy (non-hydrogen) atoms. The molecule has 1 saturated heterocycles. The van der Waals surface area contributed by atoms with Crippen LogP contribution in [0.1, 0.15) is 17.2 Å². The van der Waals surface area contributed by atoms with Crippen LogP contribution in [0.5, 0.6) is 0 Å². The first-order chi connectivity index (χ1) is 10.2. The number of benzene rings is 1. The van der Waals surface area contributed by atoms with Gasteiger partial charge >= 0.3 is 6.18 Å². The van der Waals surface area contributed by atoms with Gasteiger partial charge in [-0.2, -0.15) is 13.2 Å². The number of piperazine rings is 1. The van der Waals surface area contributed by atoms with E-state index < -0.39 is 40.6 Å². The average Bonchev–Trinajstić information content (AvgIpc) is 2.43. The van der Waals surface area contributed by atoms with E-state index in [-0.39, 0.29) is 13.1 Å². The quantitative estimate of drug-likeness (QED) is 0.839. The van der Waals surface area contributed by atoms with Gasteiger partial charge in [-0.1, -0.05) is 11.6 Å². The van der Waals surface area contributed by atoms with Gasteiger partial charge in [0.1, 0.15) is 5.82 Å². The van der Waals surface area contributed by atoms with E-state index in [1.165, 1.54) is 4.90 Å². The Morgan fingerprint density at radius 3 is 2.23 bits per heavy atom. The van der Waals surface area contributed by atoms with Crippen molar-refractivity contribution in [3.05, 3.63) is 34.1 Å². The maximum absolute atomic E-state index is 14.1. The third-order valence-corrected chi connectivity index (χ3v) is 3.76. The Hall–Kier alpha value is -0.990. The fourth-order valence-corrected chi connectivity index (χ4v) is 2.67. The van der Waals surface area contributed by atoms with Crippen LogP contribution in [0.25, 0.3) is 0 Å². The van der Waals surface area contributed by atoms with Crippen molar-refractivity contribution in [3.8, 4) is 0 Å². The Kier molecular flexibility index (Phi) is 5.24. The Bertz CT molecular complexity index is 528. The molecular formula is C13H13ClF6N2. The number of alkyl halides is 5. The zero-order valence-electron chi connectivity index (χ0n) is 11.2. The molecule has 124 valence electrons. The number of hydrogen-bond donors (Lipinski definition) is 1. The summed E-state index contributed by atoms with van der Waals surface area (Å²) in [6.07, 6.45) is -7.82. The molecule has 1 aliphatic heterocycles. The molecule has 0 saturated carbocycles. The second-order valence-electron chi connectivity index (χ2n) is 4.92. The molecule has 0 aliphatic carbocycles. The highest BCUT2D eigenvalue weighted by atomic mass is 35.5. The third kappa shape index (κ3) is 3.67. The molecule has 1 N–H and O–H groups in total. The van der Waals surface area contributed by atoms with E-state index in [2.05, 4.69) is 5.32 Å². The molecule has 1 aromatic rings. The van der Waals surface area contributed by atoms with Gasteiger partial charge < -0.3 is 5.32 Å². The highest BCUT2D eigenvalue weighted by Gasteiger charge is 2.37. The lowest BCUT2D eigenvalue weighted by Gasteiger charge is -2.35. The van der Waals surface area contributed by atoms with Crippen molar-refractivity contribution in [2.24, 2.45) is 0 Å². The Morgan fingerprint density at radius 2 is 1.73 bits per heavy atom. The largest absolute Gasteiger partial charge is 0.416 e. The topological polar surface area (TPSA) is 15.3 Å². The Labute approximate surface area is 128 Å². The molecule has 0 amide bonds. The minimum absolute atomic E-state index is 0.183. The zero-order chi connectivity index (χ0) is 16.5. The van der Waals surface area contributed by atoms with Gasteiger partial charge in [0.15, 0.2) is 0 Å². The maximum atomic E-state index is 14.1. The summed E-state index contributed by atoms with van der Waals surface area (Å²) in [4.78, 5) is 1.26. The van der Waals surface area contributed by atoms with E-state index in [0.717, 1.165) is 0 Å². The van der Waals surface area contributed by atoms with Crippen molar-refractivity contribution >= 4 is 11.6 Å². The average molecular weight is 347 g/mol. The fourth-order valence-electron chi connectivity index (χ4n) is 2.44. The molecule has 2 rings (SSSR count). The van der Waals surface area contributed by atoms with Crippen molar-refractivity contribution in [3.63, 3.8) is 0 Å². The van der Waals surface area contributed by atoms with E-state index in [4.69, 9.17) is 11.6 Å². The SMILES string of the molecule is Fc1c(Cl)cc(C(F)(F)F)cc1[C@H](C(F)F)N1CCNCC1. The summed E-state index contributed by atoms with van der Waals surface area (Å²) in [5, 5.41) is 2.12. The van der Waals surface area contributed by atoms with Gasteiger partial charge in [-0.05, 0) is 12.1 Å². The van der Waals surface area contributed by atoms with Crippen molar-refractivity contribution in [1.29, 1.82) is 0 Å². The van der Waals surface area contributed by atoms with Gasteiger partial charge in [0.05, 0.1) is 16.6 Å². The van der Waals surface area contributed by atoms with Gasteiger partial charge in [-0.15, -0.1) is 0 Å². The van der Waals surface area contributed by atoms with Crippen LogP contribution < -0.4 is 5.32 Å². The van der Waals surface area contributed by atoms with Crippen LogP contribution in [0.15, 0.2) is 12.1 Å². The fraction of sp³-hybridized carbons (Fsp3) is 0.538. The molecule has 1 aromatic carbocycles. The number of hydrogen-bond acceptors (Lipinski definition) is 2. The van der Waals surface area contributed by atoms with E-state index in [0.29, 0.717) is 25.2 Å². The molecule has 1 heterocycles. The van der Waals surface area contributed by atoms with Gasteiger partial charge in [-0.25, -0.2) is 13.2 Å². The molecule has 9 heteroatoms. The van der Waals surface area contributed by atoms with E-state index >= 15 is 0 Å². The second-order valence-corrected chi connectivity index (χ2v) is 5.33. The van der Waals surface area contributed by atoms with Crippen LogP contribution in [0.4, 0.5) is 26.3 Å². The van der Waals surface area contributed by atoms with E-state index in [1.54, 1.807) is 0 Å². The molecule has 1 atom stereocenters. The summed E-state index contributed by atoms with van der Waals surface area (Å²) in [6, 6.07) is -0.942. The van der Waals surface area contributed by atoms with Crippen molar-refractivity contribution in [1.82, 2.24) is 10.2 Å². The van der Waals surface area contributed by atoms with Crippen molar-refractivity contribution < 1.29 is 26.3 Å². The normalized spacial score (nSPS) is 18.7. The van der Waals surface area contributed by atoms with Crippen LogP contribution in [0.2, 0.25) is 5.02 Å². The van der Waals surface area contributed by atoms with Gasteiger partial charge in [0.25, 0.3) is 6.43 Å². The summed E-state index contributed by atoms with van der Waals surface area (Å²) in [5.74, 6) is -1.24. The summed E-state index contributed by atoms with van der Waals surface area (Å²) in [7, 11) is 0. The van der Waals surface area contributed by atoms with E-state index in [9.17, 15) is 26.3 Å². The first kappa shape index (κ1) is 17.4. The molecule has 0 unspecified atom stereocenters. The van der Waals surface area contributed by atoms with Gasteiger partial charge in [-0.3, -0.25) is 4.90 Å². The smallest absolute Gasteiger partial charge is 0.314 e. The van der Waals surface area contributed by atoms with Crippen molar-refractivity contribution in [2.75, 3.05) is 26.2 Å². The summed E-state index contributed by atoms with van der Waals surface area (Å²) < 4.78 is 79.2. The zero-order valence-corrected chi connectivity index (χ0v) is 12.0. The summed E-state index contributed by atoms with van der Waals surface area (Å²) >= 11 is 5.46. The van der Waals surface area contributed by atoms with Crippen LogP contribution in [-0.4, -0.2) is 37.5 Å². The highest BCUT2D eigenvalue weighted by Crippen LogP contribution is 2.38. The van der Waals surface area contributed by atoms with Crippen LogP contribution in [0, 0.1) is 5.82 Å². The predicted molar refractivity (Wildman–Crippen MR) is 69.6 cm³/mol. The summed E-state index contributed by atoms with van der Waals surface area (Å²) in [5.41, 5.74) is -1.97. The number of rotatable bonds is 3. The Balaban J connectivity index is 2.48. The van der Waals surface area contributed by atoms with Crippen LogP contribution in [0.3, 0.4) is 0 Å². The maximum Gasteiger partial charge on any atom is 0.416 e. The molecule has 0 radical (unpaired) electrons. The minimum Gasteiger partial charge on any atom is -0.314 e. The minimum atomic E-state index is -4.79. The molecule has 1 aliphatic rings. The Morgan fingerprint density at radius 1 is 1.14 bits per heavy atom. The molecule has 0 bridgehead atoms. The molecular weight excluding hydrogens is 334 g/mol. The third-order valence-electron chi connectivity index (χ3n) is 3.49. The molecule has 0 spiro atoms. The van der Waals surface area contributed by atoms with Gasteiger partial charge in [0, 0.05) is 31.7 Å². The first-order valence-corrected chi connectivity index (χ1v) is 6.88. The first-order valence-electron chi connectivity index (χ1n) is 6.51. The number of halogens is 7. The molecule has 1 fully saturated rings. The molecule has 2 nitrogen and oxygen atoms in total.